The Hall–Kier alpha value is -1.10. The Kier molecular flexibility index (Phi) is 3.43. The van der Waals surface area contributed by atoms with E-state index in [-0.39, 0.29) is 6.04 Å². The first-order valence-corrected chi connectivity index (χ1v) is 6.02. The van der Waals surface area contributed by atoms with Crippen molar-refractivity contribution in [3.05, 3.63) is 5.89 Å². The van der Waals surface area contributed by atoms with E-state index in [1.54, 1.807) is 0 Å². The summed E-state index contributed by atoms with van der Waals surface area (Å²) in [5.41, 5.74) is 5.97. The summed E-state index contributed by atoms with van der Waals surface area (Å²) < 4.78 is 5.21. The third-order valence-electron chi connectivity index (χ3n) is 3.07. The lowest BCUT2D eigenvalue weighted by molar-refractivity contribution is 0.324. The minimum Gasteiger partial charge on any atom is -0.338 e. The summed E-state index contributed by atoms with van der Waals surface area (Å²) >= 11 is 0. The lowest BCUT2D eigenvalue weighted by Gasteiger charge is -2.24. The van der Waals surface area contributed by atoms with E-state index in [2.05, 4.69) is 28.9 Å². The summed E-state index contributed by atoms with van der Waals surface area (Å²) in [5.74, 6) is 1.57. The molecule has 0 spiro atoms. The van der Waals surface area contributed by atoms with Crippen LogP contribution in [0.2, 0.25) is 0 Å². The van der Waals surface area contributed by atoms with E-state index in [0.29, 0.717) is 17.8 Å². The van der Waals surface area contributed by atoms with Crippen LogP contribution in [0.4, 0.5) is 5.95 Å². The topological polar surface area (TPSA) is 68.2 Å². The van der Waals surface area contributed by atoms with Crippen LogP contribution in [0.25, 0.3) is 0 Å². The highest BCUT2D eigenvalue weighted by atomic mass is 16.5. The number of nitrogens with two attached hydrogens (primary N) is 1. The molecule has 0 saturated carbocycles. The lowest BCUT2D eigenvalue weighted by Crippen LogP contribution is -2.30. The number of hydrogen-bond donors (Lipinski definition) is 1. The fraction of sp³-hybridized carbons (Fsp3) is 0.818. The van der Waals surface area contributed by atoms with Crippen LogP contribution in [-0.4, -0.2) is 23.2 Å². The first kappa shape index (κ1) is 11.4. The van der Waals surface area contributed by atoms with Crippen LogP contribution in [0.1, 0.15) is 45.0 Å². The van der Waals surface area contributed by atoms with Gasteiger partial charge in [-0.3, -0.25) is 0 Å². The molecule has 1 aromatic heterocycles. The van der Waals surface area contributed by atoms with Crippen molar-refractivity contribution >= 4 is 5.95 Å². The van der Waals surface area contributed by atoms with Gasteiger partial charge >= 0.3 is 0 Å². The first-order chi connectivity index (χ1) is 7.68. The summed E-state index contributed by atoms with van der Waals surface area (Å²) in [5, 5.41) is 4.00. The van der Waals surface area contributed by atoms with Gasteiger partial charge in [-0.15, -0.1) is 0 Å². The third kappa shape index (κ3) is 2.35. The Labute approximate surface area is 96.0 Å². The Morgan fingerprint density at radius 3 is 2.56 bits per heavy atom. The van der Waals surface area contributed by atoms with E-state index in [9.17, 15) is 0 Å². The molecule has 0 aromatic carbocycles. The molecule has 0 aliphatic carbocycles. The van der Waals surface area contributed by atoms with Gasteiger partial charge in [0.25, 0.3) is 5.95 Å². The Bertz CT molecular complexity index is 330. The highest BCUT2D eigenvalue weighted by molar-refractivity contribution is 5.28. The normalized spacial score (nSPS) is 19.1. The fourth-order valence-electron chi connectivity index (χ4n) is 1.87. The maximum absolute atomic E-state index is 5.97. The maximum Gasteiger partial charge on any atom is 0.266 e. The lowest BCUT2D eigenvalue weighted by atomic mass is 10.1. The van der Waals surface area contributed by atoms with Gasteiger partial charge in [0, 0.05) is 13.1 Å². The molecule has 1 fully saturated rings. The van der Waals surface area contributed by atoms with E-state index in [1.165, 1.54) is 19.3 Å². The monoisotopic (exact) mass is 224 g/mol. The molecular weight excluding hydrogens is 204 g/mol. The molecule has 90 valence electrons. The van der Waals surface area contributed by atoms with Gasteiger partial charge in [-0.1, -0.05) is 13.8 Å². The first-order valence-electron chi connectivity index (χ1n) is 6.02. The predicted molar refractivity (Wildman–Crippen MR) is 62.1 cm³/mol. The van der Waals surface area contributed by atoms with Crippen molar-refractivity contribution in [3.8, 4) is 0 Å². The molecule has 0 amide bonds. The van der Waals surface area contributed by atoms with Crippen molar-refractivity contribution in [1.29, 1.82) is 0 Å². The highest BCUT2D eigenvalue weighted by Crippen LogP contribution is 2.21. The molecular formula is C11H20N4O. The van der Waals surface area contributed by atoms with Crippen molar-refractivity contribution < 1.29 is 4.52 Å². The van der Waals surface area contributed by atoms with Gasteiger partial charge in [-0.2, -0.15) is 4.98 Å². The van der Waals surface area contributed by atoms with Crippen LogP contribution in [0.3, 0.4) is 0 Å². The SMILES string of the molecule is CC(C)C(N)c1nc(N2CCCCC2)no1. The molecule has 0 bridgehead atoms. The number of aromatic nitrogens is 2. The molecule has 1 aliphatic rings. The molecule has 0 radical (unpaired) electrons. The van der Waals surface area contributed by atoms with E-state index in [0.717, 1.165) is 13.1 Å². The molecule has 2 rings (SSSR count). The van der Waals surface area contributed by atoms with Gasteiger partial charge in [-0.25, -0.2) is 0 Å². The van der Waals surface area contributed by atoms with E-state index >= 15 is 0 Å². The maximum atomic E-state index is 5.97. The minimum absolute atomic E-state index is 0.161. The average molecular weight is 224 g/mol. The zero-order valence-corrected chi connectivity index (χ0v) is 10.0. The van der Waals surface area contributed by atoms with Crippen molar-refractivity contribution in [2.24, 2.45) is 11.7 Å². The van der Waals surface area contributed by atoms with Crippen LogP contribution in [-0.2, 0) is 0 Å². The fourth-order valence-corrected chi connectivity index (χ4v) is 1.87. The number of nitrogens with zero attached hydrogens (tertiary/aromatic N) is 3. The zero-order valence-electron chi connectivity index (χ0n) is 10.0. The number of anilines is 1. The summed E-state index contributed by atoms with van der Waals surface area (Å²) in [6.07, 6.45) is 3.72. The minimum atomic E-state index is -0.161. The van der Waals surface area contributed by atoms with Crippen molar-refractivity contribution in [3.63, 3.8) is 0 Å². The van der Waals surface area contributed by atoms with Gasteiger partial charge in [-0.05, 0) is 30.3 Å². The molecule has 2 heterocycles. The standard InChI is InChI=1S/C11H20N4O/c1-8(2)9(12)10-13-11(14-16-10)15-6-4-3-5-7-15/h8-9H,3-7,12H2,1-2H3. The van der Waals surface area contributed by atoms with Gasteiger partial charge in [0.15, 0.2) is 0 Å². The van der Waals surface area contributed by atoms with Crippen LogP contribution in [0, 0.1) is 5.92 Å². The number of hydrogen-bond acceptors (Lipinski definition) is 5. The molecule has 1 atom stereocenters. The van der Waals surface area contributed by atoms with Gasteiger partial charge < -0.3 is 15.2 Å². The molecule has 1 unspecified atom stereocenters. The van der Waals surface area contributed by atoms with Crippen molar-refractivity contribution in [2.75, 3.05) is 18.0 Å². The summed E-state index contributed by atoms with van der Waals surface area (Å²) in [6.45, 7) is 6.15. The molecule has 16 heavy (non-hydrogen) atoms. The van der Waals surface area contributed by atoms with E-state index in [1.807, 2.05) is 0 Å². The number of rotatable bonds is 3. The summed E-state index contributed by atoms with van der Waals surface area (Å²) in [7, 11) is 0. The highest BCUT2D eigenvalue weighted by Gasteiger charge is 2.21. The second kappa shape index (κ2) is 4.82. The van der Waals surface area contributed by atoms with E-state index in [4.69, 9.17) is 10.3 Å². The Balaban J connectivity index is 2.06. The Morgan fingerprint density at radius 2 is 1.94 bits per heavy atom. The third-order valence-corrected chi connectivity index (χ3v) is 3.07. The molecule has 1 saturated heterocycles. The summed E-state index contributed by atoms with van der Waals surface area (Å²) in [6, 6.07) is -0.161. The zero-order chi connectivity index (χ0) is 11.5. The molecule has 5 nitrogen and oxygen atoms in total. The quantitative estimate of drug-likeness (QED) is 0.846. The van der Waals surface area contributed by atoms with Crippen LogP contribution in [0.5, 0.6) is 0 Å². The molecule has 2 N–H and O–H groups in total. The number of piperidine rings is 1. The van der Waals surface area contributed by atoms with E-state index < -0.39 is 0 Å². The largest absolute Gasteiger partial charge is 0.338 e. The van der Waals surface area contributed by atoms with Gasteiger partial charge in [0.05, 0.1) is 6.04 Å². The predicted octanol–water partition coefficient (Wildman–Crippen LogP) is 1.72. The summed E-state index contributed by atoms with van der Waals surface area (Å²) in [4.78, 5) is 6.55. The Morgan fingerprint density at radius 1 is 1.25 bits per heavy atom. The van der Waals surface area contributed by atoms with Crippen molar-refractivity contribution in [2.45, 2.75) is 39.2 Å². The van der Waals surface area contributed by atoms with Crippen LogP contribution >= 0.6 is 0 Å². The van der Waals surface area contributed by atoms with Gasteiger partial charge in [0.1, 0.15) is 0 Å². The van der Waals surface area contributed by atoms with Crippen LogP contribution in [0.15, 0.2) is 4.52 Å². The van der Waals surface area contributed by atoms with Crippen LogP contribution < -0.4 is 10.6 Å². The second-order valence-electron chi connectivity index (χ2n) is 4.75. The van der Waals surface area contributed by atoms with Gasteiger partial charge in [0.2, 0.25) is 5.89 Å². The molecule has 5 heteroatoms. The molecule has 1 aliphatic heterocycles. The van der Waals surface area contributed by atoms with Crippen molar-refractivity contribution in [1.82, 2.24) is 10.1 Å². The second-order valence-corrected chi connectivity index (χ2v) is 4.75. The average Bonchev–Trinajstić information content (AvgIpc) is 2.78. The smallest absolute Gasteiger partial charge is 0.266 e. The molecule has 1 aromatic rings.